The summed E-state index contributed by atoms with van der Waals surface area (Å²) in [5, 5.41) is 10.0. The molecular weight excluding hydrogens is 248 g/mol. The van der Waals surface area contributed by atoms with Gasteiger partial charge in [0.15, 0.2) is 0 Å². The predicted octanol–water partition coefficient (Wildman–Crippen LogP) is 4.17. The van der Waals surface area contributed by atoms with Gasteiger partial charge in [0.05, 0.1) is 5.41 Å². The van der Waals surface area contributed by atoms with E-state index in [0.717, 1.165) is 37.2 Å². The van der Waals surface area contributed by atoms with Crippen LogP contribution < -0.4 is 0 Å². The van der Waals surface area contributed by atoms with Gasteiger partial charge < -0.3 is 5.11 Å². The van der Waals surface area contributed by atoms with Crippen molar-refractivity contribution in [2.24, 2.45) is 11.8 Å². The van der Waals surface area contributed by atoms with Crippen LogP contribution in [0.3, 0.4) is 0 Å². The molecule has 108 valence electrons. The number of carboxylic acid groups (broad SMARTS) is 1. The van der Waals surface area contributed by atoms with E-state index < -0.39 is 11.4 Å². The van der Waals surface area contributed by atoms with Gasteiger partial charge in [0.1, 0.15) is 0 Å². The van der Waals surface area contributed by atoms with Crippen LogP contribution in [-0.2, 0) is 16.6 Å². The second-order valence-electron chi connectivity index (χ2n) is 6.57. The van der Waals surface area contributed by atoms with Crippen molar-refractivity contribution in [1.82, 2.24) is 0 Å². The molecule has 20 heavy (non-hydrogen) atoms. The maximum atomic E-state index is 12.2. The minimum absolute atomic E-state index is 0.322. The molecule has 1 aromatic rings. The maximum Gasteiger partial charge on any atom is 0.314 e. The third kappa shape index (κ3) is 1.97. The minimum Gasteiger partial charge on any atom is -0.481 e. The number of rotatable bonds is 3. The number of aliphatic carboxylic acids is 1. The van der Waals surface area contributed by atoms with Crippen molar-refractivity contribution >= 4 is 5.97 Å². The van der Waals surface area contributed by atoms with Gasteiger partial charge in [0, 0.05) is 0 Å². The molecule has 2 heteroatoms. The summed E-state index contributed by atoms with van der Waals surface area (Å²) in [6.07, 6.45) is 7.56. The molecule has 0 spiro atoms. The summed E-state index contributed by atoms with van der Waals surface area (Å²) in [5.74, 6) is 0.448. The van der Waals surface area contributed by atoms with E-state index in [0.29, 0.717) is 5.92 Å². The number of carbonyl (C=O) groups is 1. The average molecular weight is 272 g/mol. The Morgan fingerprint density at radius 2 is 2.15 bits per heavy atom. The van der Waals surface area contributed by atoms with E-state index in [4.69, 9.17) is 0 Å². The lowest BCUT2D eigenvalue weighted by atomic mass is 9.63. The fourth-order valence-electron chi connectivity index (χ4n) is 4.57. The molecule has 2 aliphatic rings. The molecule has 0 aromatic heterocycles. The molecular formula is C18H24O2. The second-order valence-corrected chi connectivity index (χ2v) is 6.57. The molecule has 1 aromatic carbocycles. The number of fused-ring (bicyclic) bond motifs is 1. The van der Waals surface area contributed by atoms with Gasteiger partial charge in [-0.25, -0.2) is 0 Å². The zero-order valence-corrected chi connectivity index (χ0v) is 12.3. The first kappa shape index (κ1) is 13.7. The third-order valence-corrected chi connectivity index (χ3v) is 5.73. The van der Waals surface area contributed by atoms with Crippen molar-refractivity contribution < 1.29 is 9.90 Å². The summed E-state index contributed by atoms with van der Waals surface area (Å²) in [6.45, 7) is 2.24. The molecule has 2 aliphatic carbocycles. The SMILES string of the molecule is CCC1CCCC(C2(C(=O)O)CCc3ccccc32)C1. The van der Waals surface area contributed by atoms with Gasteiger partial charge in [-0.05, 0) is 48.6 Å². The summed E-state index contributed by atoms with van der Waals surface area (Å²) >= 11 is 0. The Labute approximate surface area is 121 Å². The molecule has 1 fully saturated rings. The van der Waals surface area contributed by atoms with E-state index >= 15 is 0 Å². The lowest BCUT2D eigenvalue weighted by Gasteiger charge is -2.40. The molecule has 1 saturated carbocycles. The molecule has 0 aliphatic heterocycles. The summed E-state index contributed by atoms with van der Waals surface area (Å²) in [7, 11) is 0. The Kier molecular flexibility index (Phi) is 3.57. The van der Waals surface area contributed by atoms with Crippen LogP contribution in [0.2, 0.25) is 0 Å². The van der Waals surface area contributed by atoms with Gasteiger partial charge in [0.2, 0.25) is 0 Å². The Balaban J connectivity index is 2.00. The number of hydrogen-bond donors (Lipinski definition) is 1. The van der Waals surface area contributed by atoms with Crippen LogP contribution in [0, 0.1) is 11.8 Å². The first-order valence-electron chi connectivity index (χ1n) is 8.00. The molecule has 1 N–H and O–H groups in total. The van der Waals surface area contributed by atoms with E-state index in [2.05, 4.69) is 19.1 Å². The molecule has 0 heterocycles. The molecule has 0 radical (unpaired) electrons. The van der Waals surface area contributed by atoms with Crippen LogP contribution >= 0.6 is 0 Å². The van der Waals surface area contributed by atoms with Gasteiger partial charge in [-0.1, -0.05) is 50.5 Å². The zero-order chi connectivity index (χ0) is 14.2. The molecule has 0 bridgehead atoms. The van der Waals surface area contributed by atoms with Gasteiger partial charge in [-0.15, -0.1) is 0 Å². The Hall–Kier alpha value is -1.31. The number of benzene rings is 1. The monoisotopic (exact) mass is 272 g/mol. The average Bonchev–Trinajstić information content (AvgIpc) is 2.88. The highest BCUT2D eigenvalue weighted by Gasteiger charge is 2.51. The van der Waals surface area contributed by atoms with Crippen LogP contribution in [-0.4, -0.2) is 11.1 Å². The molecule has 0 saturated heterocycles. The van der Waals surface area contributed by atoms with Crippen molar-refractivity contribution in [2.45, 2.75) is 57.3 Å². The highest BCUT2D eigenvalue weighted by Crippen LogP contribution is 2.50. The normalized spacial score (nSPS) is 32.9. The summed E-state index contributed by atoms with van der Waals surface area (Å²) in [6, 6.07) is 8.21. The summed E-state index contributed by atoms with van der Waals surface area (Å²) in [5.41, 5.74) is 1.76. The maximum absolute atomic E-state index is 12.2. The Morgan fingerprint density at radius 3 is 2.90 bits per heavy atom. The topological polar surface area (TPSA) is 37.3 Å². The van der Waals surface area contributed by atoms with Gasteiger partial charge in [-0.3, -0.25) is 4.79 Å². The van der Waals surface area contributed by atoms with Gasteiger partial charge in [-0.2, -0.15) is 0 Å². The largest absolute Gasteiger partial charge is 0.481 e. The Morgan fingerprint density at radius 1 is 1.35 bits per heavy atom. The second kappa shape index (κ2) is 5.23. The lowest BCUT2D eigenvalue weighted by Crippen LogP contribution is -2.43. The highest BCUT2D eigenvalue weighted by atomic mass is 16.4. The minimum atomic E-state index is -0.607. The van der Waals surface area contributed by atoms with Crippen molar-refractivity contribution in [1.29, 1.82) is 0 Å². The molecule has 3 unspecified atom stereocenters. The number of aryl methyl sites for hydroxylation is 1. The molecule has 3 rings (SSSR count). The highest BCUT2D eigenvalue weighted by molar-refractivity contribution is 5.83. The fourth-order valence-corrected chi connectivity index (χ4v) is 4.57. The standard InChI is InChI=1S/C18H24O2/c1-2-13-6-5-8-15(12-13)18(17(19)20)11-10-14-7-3-4-9-16(14)18/h3-4,7,9,13,15H,2,5-6,8,10-12H2,1H3,(H,19,20). The summed E-state index contributed by atoms with van der Waals surface area (Å²) < 4.78 is 0. The van der Waals surface area contributed by atoms with Crippen LogP contribution in [0.5, 0.6) is 0 Å². The summed E-state index contributed by atoms with van der Waals surface area (Å²) in [4.78, 5) is 12.2. The van der Waals surface area contributed by atoms with Crippen LogP contribution in [0.25, 0.3) is 0 Å². The van der Waals surface area contributed by atoms with Crippen LogP contribution in [0.1, 0.15) is 56.6 Å². The van der Waals surface area contributed by atoms with E-state index in [1.54, 1.807) is 0 Å². The van der Waals surface area contributed by atoms with Crippen LogP contribution in [0.4, 0.5) is 0 Å². The van der Waals surface area contributed by atoms with Crippen molar-refractivity contribution in [3.05, 3.63) is 35.4 Å². The van der Waals surface area contributed by atoms with E-state index in [1.165, 1.54) is 24.8 Å². The van der Waals surface area contributed by atoms with E-state index in [1.807, 2.05) is 12.1 Å². The number of carboxylic acids is 1. The third-order valence-electron chi connectivity index (χ3n) is 5.73. The Bertz CT molecular complexity index is 508. The predicted molar refractivity (Wildman–Crippen MR) is 79.8 cm³/mol. The van der Waals surface area contributed by atoms with Crippen molar-refractivity contribution in [3.63, 3.8) is 0 Å². The van der Waals surface area contributed by atoms with Crippen molar-refractivity contribution in [2.75, 3.05) is 0 Å². The molecule has 2 nitrogen and oxygen atoms in total. The van der Waals surface area contributed by atoms with Crippen LogP contribution in [0.15, 0.2) is 24.3 Å². The quantitative estimate of drug-likeness (QED) is 0.896. The zero-order valence-electron chi connectivity index (χ0n) is 12.3. The molecule has 3 atom stereocenters. The van der Waals surface area contributed by atoms with E-state index in [-0.39, 0.29) is 0 Å². The van der Waals surface area contributed by atoms with Gasteiger partial charge in [0.25, 0.3) is 0 Å². The lowest BCUT2D eigenvalue weighted by molar-refractivity contribution is -0.147. The molecule has 0 amide bonds. The van der Waals surface area contributed by atoms with Crippen molar-refractivity contribution in [3.8, 4) is 0 Å². The fraction of sp³-hybridized carbons (Fsp3) is 0.611. The first-order chi connectivity index (χ1) is 9.68. The van der Waals surface area contributed by atoms with Gasteiger partial charge >= 0.3 is 5.97 Å². The smallest absolute Gasteiger partial charge is 0.314 e. The van der Waals surface area contributed by atoms with E-state index in [9.17, 15) is 9.90 Å². The first-order valence-corrected chi connectivity index (χ1v) is 8.00. The number of hydrogen-bond acceptors (Lipinski definition) is 1.